The number of H-pyrrole nitrogens is 1. The maximum Gasteiger partial charge on any atom is 0.225 e. The van der Waals surface area contributed by atoms with Gasteiger partial charge in [0, 0.05) is 29.7 Å². The minimum absolute atomic E-state index is 0.0542. The molecule has 1 aromatic carbocycles. The van der Waals surface area contributed by atoms with Crippen LogP contribution in [0.5, 0.6) is 0 Å². The highest BCUT2D eigenvalue weighted by atomic mass is 16.1. The number of amidine groups is 1. The summed E-state index contributed by atoms with van der Waals surface area (Å²) in [5.41, 5.74) is 3.79. The molecule has 0 saturated carbocycles. The normalized spacial score (nSPS) is 13.6. The molecule has 0 spiro atoms. The number of carbonyl (C=O) groups excluding carboxylic acids is 1. The minimum Gasteiger partial charge on any atom is -0.361 e. The first-order chi connectivity index (χ1) is 12.3. The number of nitrogens with one attached hydrogen (secondary N) is 2. The number of amides is 1. The smallest absolute Gasteiger partial charge is 0.225 e. The molecule has 0 aliphatic carbocycles. The lowest BCUT2D eigenvalue weighted by atomic mass is 10.1. The first-order valence-corrected chi connectivity index (χ1v) is 8.19. The van der Waals surface area contributed by atoms with Crippen molar-refractivity contribution in [2.45, 2.75) is 19.3 Å². The molecule has 124 valence electrons. The fourth-order valence-corrected chi connectivity index (χ4v) is 2.90. The number of hydrogen-bond acceptors (Lipinski definition) is 4. The van der Waals surface area contributed by atoms with E-state index in [-0.39, 0.29) is 5.91 Å². The van der Waals surface area contributed by atoms with Crippen LogP contribution in [0.25, 0.3) is 10.9 Å². The predicted molar refractivity (Wildman–Crippen MR) is 97.6 cm³/mol. The van der Waals surface area contributed by atoms with Gasteiger partial charge in [-0.15, -0.1) is 5.10 Å². The first kappa shape index (κ1) is 15.3. The van der Waals surface area contributed by atoms with Crippen molar-refractivity contribution in [3.05, 3.63) is 66.1 Å². The van der Waals surface area contributed by atoms with Gasteiger partial charge in [-0.2, -0.15) is 5.10 Å². The highest BCUT2D eigenvalue weighted by Crippen LogP contribution is 2.19. The quantitative estimate of drug-likeness (QED) is 0.770. The molecule has 3 heterocycles. The van der Waals surface area contributed by atoms with Crippen LogP contribution in [-0.2, 0) is 11.2 Å². The average Bonchev–Trinajstić information content (AvgIpc) is 3.28. The second kappa shape index (κ2) is 6.68. The lowest BCUT2D eigenvalue weighted by Gasteiger charge is -2.04. The SMILES string of the molecule is O=C(CCc1c[nH]c2ccccc12)NC1=NN=C(c2ccccn2)C1. The van der Waals surface area contributed by atoms with Crippen LogP contribution in [0.4, 0.5) is 0 Å². The van der Waals surface area contributed by atoms with E-state index in [1.807, 2.05) is 42.6 Å². The summed E-state index contributed by atoms with van der Waals surface area (Å²) in [6.45, 7) is 0. The molecule has 1 aliphatic rings. The Morgan fingerprint density at radius 1 is 1.12 bits per heavy atom. The zero-order valence-electron chi connectivity index (χ0n) is 13.6. The number of pyridine rings is 1. The third-order valence-corrected chi connectivity index (χ3v) is 4.17. The Hall–Kier alpha value is -3.28. The zero-order valence-corrected chi connectivity index (χ0v) is 13.6. The molecule has 6 nitrogen and oxygen atoms in total. The Morgan fingerprint density at radius 2 is 2.00 bits per heavy atom. The van der Waals surface area contributed by atoms with Gasteiger partial charge >= 0.3 is 0 Å². The fraction of sp³-hybridized carbons (Fsp3) is 0.158. The van der Waals surface area contributed by atoms with Crippen LogP contribution in [-0.4, -0.2) is 27.4 Å². The molecule has 0 unspecified atom stereocenters. The highest BCUT2D eigenvalue weighted by Gasteiger charge is 2.17. The van der Waals surface area contributed by atoms with Gasteiger partial charge in [-0.05, 0) is 30.2 Å². The molecule has 1 aliphatic heterocycles. The summed E-state index contributed by atoms with van der Waals surface area (Å²) < 4.78 is 0. The highest BCUT2D eigenvalue weighted by molar-refractivity contribution is 6.16. The van der Waals surface area contributed by atoms with E-state index in [1.165, 1.54) is 0 Å². The van der Waals surface area contributed by atoms with Crippen LogP contribution in [0.1, 0.15) is 24.1 Å². The lowest BCUT2D eigenvalue weighted by molar-refractivity contribution is -0.119. The van der Waals surface area contributed by atoms with E-state index in [9.17, 15) is 4.79 Å². The molecule has 3 aromatic rings. The Labute approximate surface area is 144 Å². The van der Waals surface area contributed by atoms with Crippen LogP contribution in [0.3, 0.4) is 0 Å². The number of benzene rings is 1. The van der Waals surface area contributed by atoms with Crippen molar-refractivity contribution >= 4 is 28.4 Å². The molecule has 4 rings (SSSR count). The Balaban J connectivity index is 1.32. The molecule has 25 heavy (non-hydrogen) atoms. The molecule has 0 fully saturated rings. The van der Waals surface area contributed by atoms with Crippen molar-refractivity contribution in [1.82, 2.24) is 15.3 Å². The van der Waals surface area contributed by atoms with E-state index in [0.717, 1.165) is 27.9 Å². The minimum atomic E-state index is -0.0542. The van der Waals surface area contributed by atoms with Crippen LogP contribution in [0.2, 0.25) is 0 Å². The van der Waals surface area contributed by atoms with Gasteiger partial charge in [0.05, 0.1) is 17.8 Å². The Bertz CT molecular complexity index is 972. The molecule has 6 heteroatoms. The van der Waals surface area contributed by atoms with E-state index >= 15 is 0 Å². The summed E-state index contributed by atoms with van der Waals surface area (Å²) in [4.78, 5) is 19.7. The molecule has 0 radical (unpaired) electrons. The van der Waals surface area contributed by atoms with E-state index < -0.39 is 0 Å². The van der Waals surface area contributed by atoms with Gasteiger partial charge in [-0.1, -0.05) is 24.3 Å². The third-order valence-electron chi connectivity index (χ3n) is 4.17. The molecule has 0 bridgehead atoms. The predicted octanol–water partition coefficient (Wildman–Crippen LogP) is 2.82. The largest absolute Gasteiger partial charge is 0.361 e. The maximum atomic E-state index is 12.2. The third kappa shape index (κ3) is 3.33. The number of carbonyl (C=O) groups is 1. The maximum absolute atomic E-state index is 12.2. The number of rotatable bonds is 4. The molecule has 0 atom stereocenters. The molecule has 2 aromatic heterocycles. The molecule has 2 N–H and O–H groups in total. The van der Waals surface area contributed by atoms with Crippen LogP contribution in [0, 0.1) is 0 Å². The van der Waals surface area contributed by atoms with Gasteiger partial charge in [0.2, 0.25) is 5.91 Å². The van der Waals surface area contributed by atoms with Gasteiger partial charge in [-0.25, -0.2) is 0 Å². The number of aryl methyl sites for hydroxylation is 1. The van der Waals surface area contributed by atoms with E-state index in [2.05, 4.69) is 31.6 Å². The van der Waals surface area contributed by atoms with Gasteiger partial charge in [0.1, 0.15) is 5.84 Å². The number of hydrogen-bond donors (Lipinski definition) is 2. The lowest BCUT2D eigenvalue weighted by Crippen LogP contribution is -2.30. The summed E-state index contributed by atoms with van der Waals surface area (Å²) in [6, 6.07) is 13.7. The summed E-state index contributed by atoms with van der Waals surface area (Å²) in [5.74, 6) is 0.520. The van der Waals surface area contributed by atoms with Crippen molar-refractivity contribution in [2.75, 3.05) is 0 Å². The van der Waals surface area contributed by atoms with E-state index in [4.69, 9.17) is 0 Å². The standard InChI is InChI=1S/C19H17N5O/c25-19(9-8-13-12-21-15-6-2-1-5-14(13)15)22-18-11-17(23-24-18)16-7-3-4-10-20-16/h1-7,10,12,21H,8-9,11H2,(H,22,24,25). The van der Waals surface area contributed by atoms with Crippen LogP contribution >= 0.6 is 0 Å². The van der Waals surface area contributed by atoms with Crippen molar-refractivity contribution in [1.29, 1.82) is 0 Å². The first-order valence-electron chi connectivity index (χ1n) is 8.19. The second-order valence-electron chi connectivity index (χ2n) is 5.89. The van der Waals surface area contributed by atoms with Crippen LogP contribution < -0.4 is 5.32 Å². The average molecular weight is 331 g/mol. The fourth-order valence-electron chi connectivity index (χ4n) is 2.90. The van der Waals surface area contributed by atoms with E-state index in [1.54, 1.807) is 6.20 Å². The monoisotopic (exact) mass is 331 g/mol. The van der Waals surface area contributed by atoms with Crippen molar-refractivity contribution in [2.24, 2.45) is 10.2 Å². The number of aromatic amines is 1. The van der Waals surface area contributed by atoms with Gasteiger partial charge in [0.15, 0.2) is 0 Å². The van der Waals surface area contributed by atoms with Gasteiger partial charge in [-0.3, -0.25) is 9.78 Å². The van der Waals surface area contributed by atoms with E-state index in [0.29, 0.717) is 25.1 Å². The number of aromatic nitrogens is 2. The molecular weight excluding hydrogens is 314 g/mol. The number of nitrogens with zero attached hydrogens (tertiary/aromatic N) is 3. The topological polar surface area (TPSA) is 82.5 Å². The Morgan fingerprint density at radius 3 is 2.88 bits per heavy atom. The van der Waals surface area contributed by atoms with Crippen molar-refractivity contribution in [3.8, 4) is 0 Å². The summed E-state index contributed by atoms with van der Waals surface area (Å²) in [6.07, 6.45) is 5.26. The van der Waals surface area contributed by atoms with Crippen molar-refractivity contribution in [3.63, 3.8) is 0 Å². The summed E-state index contributed by atoms with van der Waals surface area (Å²) in [5, 5.41) is 12.2. The van der Waals surface area contributed by atoms with Gasteiger partial charge < -0.3 is 10.3 Å². The molecule has 0 saturated heterocycles. The second-order valence-corrected chi connectivity index (χ2v) is 5.89. The van der Waals surface area contributed by atoms with Crippen molar-refractivity contribution < 1.29 is 4.79 Å². The Kier molecular flexibility index (Phi) is 4.08. The molecular formula is C19H17N5O. The number of para-hydroxylation sites is 1. The molecule has 1 amide bonds. The number of fused-ring (bicyclic) bond motifs is 1. The summed E-state index contributed by atoms with van der Waals surface area (Å²) in [7, 11) is 0. The van der Waals surface area contributed by atoms with Gasteiger partial charge in [0.25, 0.3) is 0 Å². The summed E-state index contributed by atoms with van der Waals surface area (Å²) >= 11 is 0. The van der Waals surface area contributed by atoms with Crippen LogP contribution in [0.15, 0.2) is 65.1 Å². The zero-order chi connectivity index (χ0) is 17.1.